The van der Waals surface area contributed by atoms with Crippen LogP contribution in [0, 0.1) is 6.92 Å². The number of nitrogens with one attached hydrogen (secondary N) is 1. The van der Waals surface area contributed by atoms with Crippen LogP contribution in [0.4, 0.5) is 5.82 Å². The van der Waals surface area contributed by atoms with Gasteiger partial charge in [0.15, 0.2) is 0 Å². The number of rotatable bonds is 4. The number of aromatic nitrogens is 4. The molecule has 1 aliphatic heterocycles. The molecule has 0 amide bonds. The lowest BCUT2D eigenvalue weighted by Crippen LogP contribution is -2.31. The van der Waals surface area contributed by atoms with E-state index in [-0.39, 0.29) is 0 Å². The van der Waals surface area contributed by atoms with Crippen LogP contribution in [0.3, 0.4) is 0 Å². The summed E-state index contributed by atoms with van der Waals surface area (Å²) < 4.78 is 2.01. The normalized spacial score (nSPS) is 19.3. The van der Waals surface area contributed by atoms with Crippen molar-refractivity contribution in [3.05, 3.63) is 35.8 Å². The molecule has 0 aromatic carbocycles. The molecule has 22 heavy (non-hydrogen) atoms. The zero-order chi connectivity index (χ0) is 15.5. The van der Waals surface area contributed by atoms with Gasteiger partial charge in [-0.15, -0.1) is 0 Å². The fraction of sp³-hybridized carbons (Fsp3) is 0.562. The Morgan fingerprint density at radius 1 is 1.32 bits per heavy atom. The zero-order valence-corrected chi connectivity index (χ0v) is 13.6. The molecule has 1 saturated heterocycles. The van der Waals surface area contributed by atoms with Gasteiger partial charge in [0, 0.05) is 43.7 Å². The van der Waals surface area contributed by atoms with E-state index in [4.69, 9.17) is 4.98 Å². The Bertz CT molecular complexity index is 635. The quantitative estimate of drug-likeness (QED) is 0.935. The molecule has 2 aromatic heterocycles. The molecular weight excluding hydrogens is 276 g/mol. The average Bonchev–Trinajstić information content (AvgIpc) is 2.90. The second-order valence-electron chi connectivity index (χ2n) is 6.16. The third kappa shape index (κ3) is 3.44. The number of hydrogen-bond donors (Lipinski definition) is 1. The van der Waals surface area contributed by atoms with E-state index in [0.29, 0.717) is 12.5 Å². The Balaban J connectivity index is 1.73. The van der Waals surface area contributed by atoms with E-state index in [1.54, 1.807) is 0 Å². The van der Waals surface area contributed by atoms with Crippen molar-refractivity contribution in [3.8, 4) is 0 Å². The van der Waals surface area contributed by atoms with Gasteiger partial charge in [-0.05, 0) is 33.4 Å². The second kappa shape index (κ2) is 6.44. The Labute approximate surface area is 131 Å². The number of nitrogens with zero attached hydrogens (tertiary/aromatic N) is 5. The fourth-order valence-corrected chi connectivity index (χ4v) is 2.98. The maximum absolute atomic E-state index is 4.73. The number of aryl methyl sites for hydroxylation is 2. The average molecular weight is 300 g/mol. The van der Waals surface area contributed by atoms with Gasteiger partial charge in [0.2, 0.25) is 0 Å². The van der Waals surface area contributed by atoms with E-state index in [1.165, 1.54) is 19.4 Å². The summed E-state index contributed by atoms with van der Waals surface area (Å²) in [5.41, 5.74) is 1.01. The van der Waals surface area contributed by atoms with E-state index >= 15 is 0 Å². The second-order valence-corrected chi connectivity index (χ2v) is 6.16. The fourth-order valence-electron chi connectivity index (χ4n) is 2.98. The van der Waals surface area contributed by atoms with Crippen LogP contribution < -0.4 is 5.32 Å². The summed E-state index contributed by atoms with van der Waals surface area (Å²) in [6, 6.07) is 2.00. The molecule has 6 heteroatoms. The molecule has 3 rings (SSSR count). The van der Waals surface area contributed by atoms with Gasteiger partial charge in [-0.3, -0.25) is 0 Å². The monoisotopic (exact) mass is 300 g/mol. The molecular formula is C16H24N6. The van der Waals surface area contributed by atoms with Crippen molar-refractivity contribution in [2.45, 2.75) is 32.2 Å². The van der Waals surface area contributed by atoms with E-state index in [0.717, 1.165) is 29.7 Å². The van der Waals surface area contributed by atoms with Crippen molar-refractivity contribution < 1.29 is 0 Å². The Morgan fingerprint density at radius 3 is 2.91 bits per heavy atom. The van der Waals surface area contributed by atoms with E-state index in [2.05, 4.69) is 27.2 Å². The van der Waals surface area contributed by atoms with E-state index in [9.17, 15) is 0 Å². The van der Waals surface area contributed by atoms with Gasteiger partial charge in [-0.2, -0.15) is 0 Å². The highest BCUT2D eigenvalue weighted by atomic mass is 15.1. The van der Waals surface area contributed by atoms with Gasteiger partial charge in [0.05, 0.1) is 6.54 Å². The number of anilines is 1. The highest BCUT2D eigenvalue weighted by molar-refractivity contribution is 5.36. The van der Waals surface area contributed by atoms with Gasteiger partial charge >= 0.3 is 0 Å². The SMILES string of the molecule is Cc1cc(NCc2nccn2C)nc(C2CCCN(C)C2)n1. The number of piperidine rings is 1. The topological polar surface area (TPSA) is 58.9 Å². The third-order valence-corrected chi connectivity index (χ3v) is 4.21. The van der Waals surface area contributed by atoms with Crippen LogP contribution in [0.1, 0.15) is 36.1 Å². The van der Waals surface area contributed by atoms with Gasteiger partial charge in [0.1, 0.15) is 17.5 Å². The first-order chi connectivity index (χ1) is 10.6. The van der Waals surface area contributed by atoms with E-state index in [1.807, 2.05) is 37.0 Å². The molecule has 1 atom stereocenters. The molecule has 0 bridgehead atoms. The predicted molar refractivity (Wildman–Crippen MR) is 86.8 cm³/mol. The molecule has 0 radical (unpaired) electrons. The van der Waals surface area contributed by atoms with Crippen molar-refractivity contribution in [1.82, 2.24) is 24.4 Å². The van der Waals surface area contributed by atoms with Crippen molar-refractivity contribution in [3.63, 3.8) is 0 Å². The number of imidazole rings is 1. The van der Waals surface area contributed by atoms with E-state index < -0.39 is 0 Å². The summed E-state index contributed by atoms with van der Waals surface area (Å²) in [7, 11) is 4.17. The van der Waals surface area contributed by atoms with Gasteiger partial charge in [0.25, 0.3) is 0 Å². The molecule has 2 aromatic rings. The van der Waals surface area contributed by atoms with Crippen LogP contribution in [0.2, 0.25) is 0 Å². The molecule has 0 aliphatic carbocycles. The van der Waals surface area contributed by atoms with Gasteiger partial charge < -0.3 is 14.8 Å². The molecule has 6 nitrogen and oxygen atoms in total. The largest absolute Gasteiger partial charge is 0.363 e. The lowest BCUT2D eigenvalue weighted by atomic mass is 9.97. The summed E-state index contributed by atoms with van der Waals surface area (Å²) in [5, 5.41) is 3.37. The summed E-state index contributed by atoms with van der Waals surface area (Å²) in [6.07, 6.45) is 6.15. The van der Waals surface area contributed by atoms with Crippen molar-refractivity contribution >= 4 is 5.82 Å². The van der Waals surface area contributed by atoms with Crippen LogP contribution in [0.15, 0.2) is 18.5 Å². The Hall–Kier alpha value is -1.95. The number of hydrogen-bond acceptors (Lipinski definition) is 5. The van der Waals surface area contributed by atoms with Crippen LogP contribution in [-0.4, -0.2) is 44.6 Å². The first-order valence-corrected chi connectivity index (χ1v) is 7.86. The molecule has 0 saturated carbocycles. The van der Waals surface area contributed by atoms with Gasteiger partial charge in [-0.1, -0.05) is 0 Å². The minimum atomic E-state index is 0.437. The molecule has 1 N–H and O–H groups in total. The van der Waals surface area contributed by atoms with Crippen molar-refractivity contribution in [2.75, 3.05) is 25.5 Å². The number of likely N-dealkylation sites (N-methyl/N-ethyl adjacent to an activating group) is 1. The minimum absolute atomic E-state index is 0.437. The zero-order valence-electron chi connectivity index (χ0n) is 13.6. The summed E-state index contributed by atoms with van der Waals surface area (Å²) in [6.45, 7) is 4.92. The van der Waals surface area contributed by atoms with Crippen LogP contribution in [-0.2, 0) is 13.6 Å². The highest BCUT2D eigenvalue weighted by Crippen LogP contribution is 2.24. The molecule has 1 aliphatic rings. The van der Waals surface area contributed by atoms with Crippen LogP contribution in [0.25, 0.3) is 0 Å². The van der Waals surface area contributed by atoms with Crippen LogP contribution >= 0.6 is 0 Å². The smallest absolute Gasteiger partial charge is 0.135 e. The highest BCUT2D eigenvalue weighted by Gasteiger charge is 2.21. The van der Waals surface area contributed by atoms with Gasteiger partial charge in [-0.25, -0.2) is 15.0 Å². The van der Waals surface area contributed by atoms with Crippen LogP contribution in [0.5, 0.6) is 0 Å². The maximum Gasteiger partial charge on any atom is 0.135 e. The molecule has 1 fully saturated rings. The van der Waals surface area contributed by atoms with Crippen molar-refractivity contribution in [1.29, 1.82) is 0 Å². The third-order valence-electron chi connectivity index (χ3n) is 4.21. The standard InChI is InChI=1S/C16H24N6/c1-12-9-14(18-10-15-17-6-8-22(15)3)20-16(19-12)13-5-4-7-21(2)11-13/h6,8-9,13H,4-5,7,10-11H2,1-3H3,(H,18,19,20). The van der Waals surface area contributed by atoms with Crippen molar-refractivity contribution in [2.24, 2.45) is 7.05 Å². The first kappa shape index (κ1) is 15.0. The molecule has 118 valence electrons. The Morgan fingerprint density at radius 2 is 2.18 bits per heavy atom. The molecule has 0 spiro atoms. The Kier molecular flexibility index (Phi) is 4.38. The predicted octanol–water partition coefficient (Wildman–Crippen LogP) is 1.94. The summed E-state index contributed by atoms with van der Waals surface area (Å²) in [5.74, 6) is 3.29. The lowest BCUT2D eigenvalue weighted by Gasteiger charge is -2.28. The maximum atomic E-state index is 4.73. The summed E-state index contributed by atoms with van der Waals surface area (Å²) in [4.78, 5) is 16.1. The first-order valence-electron chi connectivity index (χ1n) is 7.86. The molecule has 1 unspecified atom stereocenters. The lowest BCUT2D eigenvalue weighted by molar-refractivity contribution is 0.246. The molecule has 3 heterocycles. The summed E-state index contributed by atoms with van der Waals surface area (Å²) >= 11 is 0. The minimum Gasteiger partial charge on any atom is -0.363 e. The number of likely N-dealkylation sites (tertiary alicyclic amines) is 1.